The van der Waals surface area contributed by atoms with Gasteiger partial charge in [-0.05, 0) is 49.3 Å². The van der Waals surface area contributed by atoms with Gasteiger partial charge in [-0.15, -0.1) is 0 Å². The lowest BCUT2D eigenvalue weighted by Crippen LogP contribution is -2.43. The van der Waals surface area contributed by atoms with Gasteiger partial charge >= 0.3 is 12.1 Å². The first kappa shape index (κ1) is 20.7. The number of nitrogens with zero attached hydrogens (tertiary/aromatic N) is 3. The minimum Gasteiger partial charge on any atom is -0.445 e. The third kappa shape index (κ3) is 6.23. The van der Waals surface area contributed by atoms with Crippen molar-refractivity contribution >= 4 is 17.8 Å². The van der Waals surface area contributed by atoms with Crippen LogP contribution in [0.4, 0.5) is 15.3 Å². The van der Waals surface area contributed by atoms with Crippen LogP contribution >= 0.6 is 0 Å². The minimum atomic E-state index is -0.534. The topological polar surface area (TPSA) is 87.9 Å². The molecule has 3 amide bonds. The summed E-state index contributed by atoms with van der Waals surface area (Å²) in [5.74, 6) is 1.14. The first-order chi connectivity index (χ1) is 14.0. The smallest absolute Gasteiger partial charge is 0.412 e. The predicted molar refractivity (Wildman–Crippen MR) is 108 cm³/mol. The van der Waals surface area contributed by atoms with Crippen molar-refractivity contribution in [3.63, 3.8) is 0 Å². The van der Waals surface area contributed by atoms with E-state index in [1.807, 2.05) is 29.2 Å². The second kappa shape index (κ2) is 9.95. The zero-order chi connectivity index (χ0) is 20.6. The maximum atomic E-state index is 12.0. The minimum absolute atomic E-state index is 0.0445. The summed E-state index contributed by atoms with van der Waals surface area (Å²) >= 11 is 0. The van der Waals surface area contributed by atoms with Gasteiger partial charge in [0, 0.05) is 32.9 Å². The molecule has 0 saturated carbocycles. The van der Waals surface area contributed by atoms with Crippen LogP contribution in [0.15, 0.2) is 41.3 Å². The number of likely N-dealkylation sites (tertiary alicyclic amines) is 1. The molecule has 3 rings (SSSR count). The zero-order valence-electron chi connectivity index (χ0n) is 17.0. The quantitative estimate of drug-likeness (QED) is 0.798. The van der Waals surface area contributed by atoms with Crippen LogP contribution in [0.25, 0.3) is 0 Å². The maximum Gasteiger partial charge on any atom is 0.412 e. The summed E-state index contributed by atoms with van der Waals surface area (Å²) in [6.07, 6.45) is 6.46. The molecule has 29 heavy (non-hydrogen) atoms. The van der Waals surface area contributed by atoms with E-state index in [1.54, 1.807) is 19.0 Å². The predicted octanol–water partition coefficient (Wildman–Crippen LogP) is 3.75. The molecule has 0 unspecified atom stereocenters. The van der Waals surface area contributed by atoms with Crippen molar-refractivity contribution in [1.82, 2.24) is 14.8 Å². The second-order valence-electron chi connectivity index (χ2n) is 7.51. The number of ether oxygens (including phenoxy) is 1. The summed E-state index contributed by atoms with van der Waals surface area (Å²) in [7, 11) is 3.59. The summed E-state index contributed by atoms with van der Waals surface area (Å²) in [5.41, 5.74) is 1.92. The fourth-order valence-corrected chi connectivity index (χ4v) is 3.43. The van der Waals surface area contributed by atoms with Crippen LogP contribution in [0.3, 0.4) is 0 Å². The van der Waals surface area contributed by atoms with Crippen molar-refractivity contribution in [1.29, 1.82) is 0 Å². The maximum absolute atomic E-state index is 12.0. The average Bonchev–Trinajstić information content (AvgIpc) is 3.25. The highest BCUT2D eigenvalue weighted by Gasteiger charge is 2.23. The molecule has 0 spiro atoms. The highest BCUT2D eigenvalue weighted by atomic mass is 16.6. The first-order valence-electron chi connectivity index (χ1n) is 9.87. The van der Waals surface area contributed by atoms with Gasteiger partial charge in [0.05, 0.1) is 6.20 Å². The molecular weight excluding hydrogens is 372 g/mol. The van der Waals surface area contributed by atoms with Crippen molar-refractivity contribution in [2.24, 2.45) is 5.92 Å². The molecule has 1 aromatic carbocycles. The molecule has 8 nitrogen and oxygen atoms in total. The molecule has 0 atom stereocenters. The number of carbonyl (C=O) groups is 2. The molecule has 1 fully saturated rings. The third-order valence-corrected chi connectivity index (χ3v) is 5.14. The molecule has 0 radical (unpaired) electrons. The van der Waals surface area contributed by atoms with Crippen molar-refractivity contribution in [2.45, 2.75) is 32.3 Å². The van der Waals surface area contributed by atoms with Gasteiger partial charge in [0.2, 0.25) is 0 Å². The third-order valence-electron chi connectivity index (χ3n) is 5.14. The number of benzene rings is 1. The van der Waals surface area contributed by atoms with Crippen LogP contribution in [-0.4, -0.2) is 54.1 Å². The normalized spacial score (nSPS) is 14.5. The lowest BCUT2D eigenvalue weighted by atomic mass is 9.90. The molecule has 8 heteroatoms. The van der Waals surface area contributed by atoms with E-state index in [9.17, 15) is 9.59 Å². The standard InChI is InChI=1S/C21H28N4O4/c1-24(2)21(27)25-11-9-17(10-12-25)4-3-16-5-7-18(8-6-16)23-20(26)28-14-19-13-22-15-29-19/h5-8,13,15,17H,3-4,9-12,14H2,1-2H3,(H,23,26). The number of nitrogens with one attached hydrogen (secondary N) is 1. The number of hydrogen-bond donors (Lipinski definition) is 1. The number of carbonyl (C=O) groups excluding carboxylic acids is 2. The molecule has 1 N–H and O–H groups in total. The Hall–Kier alpha value is -3.03. The van der Waals surface area contributed by atoms with Crippen LogP contribution < -0.4 is 5.32 Å². The van der Waals surface area contributed by atoms with Crippen LogP contribution in [0.5, 0.6) is 0 Å². The van der Waals surface area contributed by atoms with Crippen molar-refractivity contribution in [3.05, 3.63) is 48.2 Å². The van der Waals surface area contributed by atoms with E-state index in [2.05, 4.69) is 10.3 Å². The van der Waals surface area contributed by atoms with Crippen molar-refractivity contribution < 1.29 is 18.7 Å². The van der Waals surface area contributed by atoms with Gasteiger partial charge < -0.3 is 19.0 Å². The van der Waals surface area contributed by atoms with E-state index in [0.29, 0.717) is 17.4 Å². The number of aryl methyl sites for hydroxylation is 1. The summed E-state index contributed by atoms with van der Waals surface area (Å²) < 4.78 is 10.1. The lowest BCUT2D eigenvalue weighted by Gasteiger charge is -2.33. The first-order valence-corrected chi connectivity index (χ1v) is 9.87. The molecule has 2 aromatic rings. The number of amides is 3. The number of hydrogen-bond acceptors (Lipinski definition) is 5. The Balaban J connectivity index is 1.37. The Morgan fingerprint density at radius 2 is 1.97 bits per heavy atom. The Morgan fingerprint density at radius 3 is 2.59 bits per heavy atom. The summed E-state index contributed by atoms with van der Waals surface area (Å²) in [5, 5.41) is 2.70. The Bertz CT molecular complexity index is 782. The molecular formula is C21H28N4O4. The van der Waals surface area contributed by atoms with E-state index in [1.165, 1.54) is 18.2 Å². The molecule has 1 aliphatic heterocycles. The number of oxazole rings is 1. The van der Waals surface area contributed by atoms with E-state index >= 15 is 0 Å². The SMILES string of the molecule is CN(C)C(=O)N1CCC(CCc2ccc(NC(=O)OCc3cnco3)cc2)CC1. The average molecular weight is 400 g/mol. The zero-order valence-corrected chi connectivity index (χ0v) is 17.0. The highest BCUT2D eigenvalue weighted by molar-refractivity contribution is 5.84. The van der Waals surface area contributed by atoms with Gasteiger partial charge in [0.1, 0.15) is 0 Å². The number of aromatic nitrogens is 1. The van der Waals surface area contributed by atoms with Crippen molar-refractivity contribution in [3.8, 4) is 0 Å². The Labute approximate surface area is 170 Å². The van der Waals surface area contributed by atoms with Gasteiger partial charge in [-0.2, -0.15) is 0 Å². The number of rotatable bonds is 6. The molecule has 2 heterocycles. The van der Waals surface area contributed by atoms with Crippen LogP contribution in [0.1, 0.15) is 30.6 Å². The van der Waals surface area contributed by atoms with E-state index < -0.39 is 6.09 Å². The van der Waals surface area contributed by atoms with Crippen LogP contribution in [0, 0.1) is 5.92 Å². The van der Waals surface area contributed by atoms with Gasteiger partial charge in [-0.3, -0.25) is 5.32 Å². The molecule has 1 aliphatic rings. The van der Waals surface area contributed by atoms with Crippen LogP contribution in [0.2, 0.25) is 0 Å². The number of piperidine rings is 1. The summed E-state index contributed by atoms with van der Waals surface area (Å²) in [4.78, 5) is 31.1. The molecule has 1 saturated heterocycles. The van der Waals surface area contributed by atoms with Gasteiger partial charge in [-0.25, -0.2) is 14.6 Å². The molecule has 1 aromatic heterocycles. The fraction of sp³-hybridized carbons (Fsp3) is 0.476. The Kier molecular flexibility index (Phi) is 7.10. The highest BCUT2D eigenvalue weighted by Crippen LogP contribution is 2.23. The molecule has 156 valence electrons. The monoisotopic (exact) mass is 400 g/mol. The van der Waals surface area contributed by atoms with E-state index in [-0.39, 0.29) is 12.6 Å². The molecule has 0 bridgehead atoms. The summed E-state index contributed by atoms with van der Waals surface area (Å²) in [6, 6.07) is 7.91. The lowest BCUT2D eigenvalue weighted by molar-refractivity contribution is 0.145. The largest absolute Gasteiger partial charge is 0.445 e. The summed E-state index contributed by atoms with van der Waals surface area (Å²) in [6.45, 7) is 1.71. The van der Waals surface area contributed by atoms with E-state index in [4.69, 9.17) is 9.15 Å². The van der Waals surface area contributed by atoms with Crippen molar-refractivity contribution in [2.75, 3.05) is 32.5 Å². The van der Waals surface area contributed by atoms with Gasteiger partial charge in [0.15, 0.2) is 18.8 Å². The second-order valence-corrected chi connectivity index (χ2v) is 7.51. The van der Waals surface area contributed by atoms with E-state index in [0.717, 1.165) is 38.8 Å². The number of urea groups is 1. The Morgan fingerprint density at radius 1 is 1.24 bits per heavy atom. The van der Waals surface area contributed by atoms with Gasteiger partial charge in [0.25, 0.3) is 0 Å². The number of anilines is 1. The fourth-order valence-electron chi connectivity index (χ4n) is 3.43. The van der Waals surface area contributed by atoms with Gasteiger partial charge in [-0.1, -0.05) is 12.1 Å². The van der Waals surface area contributed by atoms with Crippen LogP contribution in [-0.2, 0) is 17.8 Å². The molecule has 0 aliphatic carbocycles.